The average Bonchev–Trinajstić information content (AvgIpc) is 3.00. The average molecular weight is 240 g/mol. The van der Waals surface area contributed by atoms with E-state index in [0.29, 0.717) is 0 Å². The minimum atomic E-state index is 0.759. The van der Waals surface area contributed by atoms with Gasteiger partial charge in [-0.25, -0.2) is 0 Å². The van der Waals surface area contributed by atoms with E-state index in [1.807, 2.05) is 0 Å². The maximum absolute atomic E-state index is 5.39. The first-order valence-electron chi connectivity index (χ1n) is 7.28. The second kappa shape index (κ2) is 6.72. The lowest BCUT2D eigenvalue weighted by molar-refractivity contribution is 0.184. The van der Waals surface area contributed by atoms with Crippen molar-refractivity contribution in [1.82, 2.24) is 10.2 Å². The molecule has 0 aromatic rings. The Bertz CT molecular complexity index is 210. The van der Waals surface area contributed by atoms with Crippen molar-refractivity contribution in [2.75, 3.05) is 39.4 Å². The molecule has 1 saturated carbocycles. The highest BCUT2D eigenvalue weighted by Crippen LogP contribution is 2.27. The van der Waals surface area contributed by atoms with E-state index in [9.17, 15) is 0 Å². The largest absolute Gasteiger partial charge is 0.381 e. The van der Waals surface area contributed by atoms with Crippen LogP contribution in [0.25, 0.3) is 0 Å². The molecule has 3 heteroatoms. The van der Waals surface area contributed by atoms with E-state index in [2.05, 4.69) is 24.1 Å². The molecule has 1 unspecified atom stereocenters. The van der Waals surface area contributed by atoms with Crippen LogP contribution in [0.2, 0.25) is 0 Å². The van der Waals surface area contributed by atoms with Gasteiger partial charge in [0.25, 0.3) is 0 Å². The van der Waals surface area contributed by atoms with Crippen LogP contribution in [-0.2, 0) is 4.74 Å². The summed E-state index contributed by atoms with van der Waals surface area (Å²) in [5.41, 5.74) is 0. The monoisotopic (exact) mass is 240 g/mol. The first-order chi connectivity index (χ1) is 8.25. The second-order valence-electron chi connectivity index (χ2n) is 6.05. The molecule has 0 spiro atoms. The van der Waals surface area contributed by atoms with E-state index in [0.717, 1.165) is 44.2 Å². The fraction of sp³-hybridized carbons (Fsp3) is 1.00. The molecule has 2 rings (SSSR count). The molecule has 2 aliphatic rings. The third-order valence-electron chi connectivity index (χ3n) is 3.70. The third-order valence-corrected chi connectivity index (χ3v) is 3.70. The van der Waals surface area contributed by atoms with Crippen LogP contribution in [0.1, 0.15) is 33.1 Å². The van der Waals surface area contributed by atoms with Crippen LogP contribution >= 0.6 is 0 Å². The van der Waals surface area contributed by atoms with E-state index < -0.39 is 0 Å². The van der Waals surface area contributed by atoms with Gasteiger partial charge in [0.1, 0.15) is 0 Å². The molecule has 1 aliphatic heterocycles. The zero-order valence-electron chi connectivity index (χ0n) is 11.5. The Kier molecular flexibility index (Phi) is 5.26. The molecule has 0 bridgehead atoms. The van der Waals surface area contributed by atoms with Crippen molar-refractivity contribution in [2.24, 2.45) is 11.8 Å². The SMILES string of the molecule is CC(C)CN(CCNCC1CCOC1)C1CC1. The van der Waals surface area contributed by atoms with Crippen LogP contribution in [0.5, 0.6) is 0 Å². The van der Waals surface area contributed by atoms with E-state index >= 15 is 0 Å². The van der Waals surface area contributed by atoms with Crippen LogP contribution in [0.3, 0.4) is 0 Å². The van der Waals surface area contributed by atoms with Gasteiger partial charge in [0, 0.05) is 38.8 Å². The van der Waals surface area contributed by atoms with Gasteiger partial charge in [0.15, 0.2) is 0 Å². The first-order valence-corrected chi connectivity index (χ1v) is 7.28. The fourth-order valence-corrected chi connectivity index (χ4v) is 2.60. The van der Waals surface area contributed by atoms with Crippen molar-refractivity contribution in [2.45, 2.75) is 39.2 Å². The number of nitrogens with one attached hydrogen (secondary N) is 1. The predicted octanol–water partition coefficient (Wildman–Crippen LogP) is 1.73. The lowest BCUT2D eigenvalue weighted by atomic mass is 10.1. The normalized spacial score (nSPS) is 25.1. The number of hydrogen-bond acceptors (Lipinski definition) is 3. The molecular formula is C14H28N2O. The molecule has 3 nitrogen and oxygen atoms in total. The third kappa shape index (κ3) is 4.94. The number of rotatable bonds is 8. The van der Waals surface area contributed by atoms with E-state index in [-0.39, 0.29) is 0 Å². The molecule has 1 saturated heterocycles. The summed E-state index contributed by atoms with van der Waals surface area (Å²) in [7, 11) is 0. The molecule has 0 amide bonds. The van der Waals surface area contributed by atoms with Crippen LogP contribution < -0.4 is 5.32 Å². The van der Waals surface area contributed by atoms with Crippen LogP contribution in [0.4, 0.5) is 0 Å². The van der Waals surface area contributed by atoms with Gasteiger partial charge in [-0.15, -0.1) is 0 Å². The highest BCUT2D eigenvalue weighted by atomic mass is 16.5. The lowest BCUT2D eigenvalue weighted by Crippen LogP contribution is -2.37. The molecular weight excluding hydrogens is 212 g/mol. The quantitative estimate of drug-likeness (QED) is 0.654. The smallest absolute Gasteiger partial charge is 0.0507 e. The maximum atomic E-state index is 5.39. The van der Waals surface area contributed by atoms with Crippen molar-refractivity contribution in [3.8, 4) is 0 Å². The van der Waals surface area contributed by atoms with Gasteiger partial charge in [0.05, 0.1) is 6.61 Å². The van der Waals surface area contributed by atoms with Gasteiger partial charge >= 0.3 is 0 Å². The van der Waals surface area contributed by atoms with Gasteiger partial charge in [0.2, 0.25) is 0 Å². The number of ether oxygens (including phenoxy) is 1. The Balaban J connectivity index is 1.55. The molecule has 1 heterocycles. The molecule has 0 radical (unpaired) electrons. The summed E-state index contributed by atoms with van der Waals surface area (Å²) in [5, 5.41) is 3.59. The Hall–Kier alpha value is -0.120. The molecule has 17 heavy (non-hydrogen) atoms. The molecule has 2 fully saturated rings. The number of hydrogen-bond donors (Lipinski definition) is 1. The predicted molar refractivity (Wildman–Crippen MR) is 71.2 cm³/mol. The van der Waals surface area contributed by atoms with Gasteiger partial charge in [-0.3, -0.25) is 4.90 Å². The molecule has 100 valence electrons. The Labute approximate surface area is 106 Å². The van der Waals surface area contributed by atoms with Crippen molar-refractivity contribution < 1.29 is 4.74 Å². The molecule has 1 atom stereocenters. The Morgan fingerprint density at radius 3 is 2.71 bits per heavy atom. The highest BCUT2D eigenvalue weighted by Gasteiger charge is 2.28. The molecule has 1 aliphatic carbocycles. The summed E-state index contributed by atoms with van der Waals surface area (Å²) < 4.78 is 5.39. The number of nitrogens with zero attached hydrogens (tertiary/aromatic N) is 1. The van der Waals surface area contributed by atoms with Gasteiger partial charge in [-0.05, 0) is 31.1 Å². The van der Waals surface area contributed by atoms with Crippen molar-refractivity contribution in [3.05, 3.63) is 0 Å². The lowest BCUT2D eigenvalue weighted by Gasteiger charge is -2.24. The molecule has 1 N–H and O–H groups in total. The zero-order chi connectivity index (χ0) is 12.1. The second-order valence-corrected chi connectivity index (χ2v) is 6.05. The van der Waals surface area contributed by atoms with E-state index in [4.69, 9.17) is 4.74 Å². The van der Waals surface area contributed by atoms with Crippen LogP contribution in [0.15, 0.2) is 0 Å². The molecule has 0 aromatic heterocycles. The minimum Gasteiger partial charge on any atom is -0.381 e. The maximum Gasteiger partial charge on any atom is 0.0507 e. The summed E-state index contributed by atoms with van der Waals surface area (Å²) in [6, 6.07) is 0.897. The molecule has 0 aromatic carbocycles. The highest BCUT2D eigenvalue weighted by molar-refractivity contribution is 4.85. The summed E-state index contributed by atoms with van der Waals surface area (Å²) in [6.45, 7) is 11.3. The van der Waals surface area contributed by atoms with Crippen molar-refractivity contribution in [3.63, 3.8) is 0 Å². The summed E-state index contributed by atoms with van der Waals surface area (Å²) in [4.78, 5) is 2.67. The van der Waals surface area contributed by atoms with Gasteiger partial charge < -0.3 is 10.1 Å². The Morgan fingerprint density at radius 2 is 2.12 bits per heavy atom. The fourth-order valence-electron chi connectivity index (χ4n) is 2.60. The first kappa shape index (κ1) is 13.3. The van der Waals surface area contributed by atoms with Crippen molar-refractivity contribution in [1.29, 1.82) is 0 Å². The van der Waals surface area contributed by atoms with E-state index in [1.165, 1.54) is 32.4 Å². The minimum absolute atomic E-state index is 0.759. The summed E-state index contributed by atoms with van der Waals surface area (Å²) >= 11 is 0. The standard InChI is InChI=1S/C14H28N2O/c1-12(2)10-16(14-3-4-14)7-6-15-9-13-5-8-17-11-13/h12-15H,3-11H2,1-2H3. The Morgan fingerprint density at radius 1 is 1.29 bits per heavy atom. The summed E-state index contributed by atoms with van der Waals surface area (Å²) in [5.74, 6) is 1.55. The topological polar surface area (TPSA) is 24.5 Å². The van der Waals surface area contributed by atoms with Crippen LogP contribution in [-0.4, -0.2) is 50.3 Å². The van der Waals surface area contributed by atoms with Gasteiger partial charge in [-0.1, -0.05) is 13.8 Å². The van der Waals surface area contributed by atoms with Gasteiger partial charge in [-0.2, -0.15) is 0 Å². The van der Waals surface area contributed by atoms with E-state index in [1.54, 1.807) is 0 Å². The summed E-state index contributed by atoms with van der Waals surface area (Å²) in [6.07, 6.45) is 4.08. The van der Waals surface area contributed by atoms with Crippen LogP contribution in [0, 0.1) is 11.8 Å². The van der Waals surface area contributed by atoms with Crippen molar-refractivity contribution >= 4 is 0 Å². The zero-order valence-corrected chi connectivity index (χ0v) is 11.5.